The van der Waals surface area contributed by atoms with Gasteiger partial charge in [0.15, 0.2) is 0 Å². The summed E-state index contributed by atoms with van der Waals surface area (Å²) in [5.41, 5.74) is 0.590. The maximum absolute atomic E-state index is 12.9. The molecule has 0 radical (unpaired) electrons. The van der Waals surface area contributed by atoms with Crippen LogP contribution in [0.25, 0.3) is 0 Å². The number of halogens is 1. The Morgan fingerprint density at radius 2 is 1.68 bits per heavy atom. The molecule has 3 saturated heterocycles. The summed E-state index contributed by atoms with van der Waals surface area (Å²) in [5.74, 6) is 0.597. The standard InChI is InChI=1S/C21H26ClN3O3/c22-16-3-5-17(6-4-16)25-20(27)14-18(21(25)28)23-11-7-15(8-12-23)9-13-24-10-1-2-19(24)26/h3-6,15,18H,1-2,7-14H2. The van der Waals surface area contributed by atoms with Gasteiger partial charge in [-0.25, -0.2) is 4.90 Å². The Hall–Kier alpha value is -1.92. The normalized spacial score (nSPS) is 24.6. The van der Waals surface area contributed by atoms with Gasteiger partial charge < -0.3 is 4.90 Å². The number of imide groups is 1. The number of rotatable bonds is 5. The van der Waals surface area contributed by atoms with Gasteiger partial charge in [-0.15, -0.1) is 0 Å². The van der Waals surface area contributed by atoms with Crippen LogP contribution in [-0.4, -0.2) is 59.7 Å². The average molecular weight is 404 g/mol. The number of nitrogens with zero attached hydrogens (tertiary/aromatic N) is 3. The van der Waals surface area contributed by atoms with E-state index >= 15 is 0 Å². The van der Waals surface area contributed by atoms with Crippen molar-refractivity contribution >= 4 is 35.0 Å². The van der Waals surface area contributed by atoms with Crippen LogP contribution in [0.5, 0.6) is 0 Å². The molecule has 4 rings (SSSR count). The minimum Gasteiger partial charge on any atom is -0.343 e. The van der Waals surface area contributed by atoms with Gasteiger partial charge in [-0.2, -0.15) is 0 Å². The fraction of sp³-hybridized carbons (Fsp3) is 0.571. The number of piperidine rings is 1. The minimum atomic E-state index is -0.357. The van der Waals surface area contributed by atoms with Gasteiger partial charge in [-0.3, -0.25) is 19.3 Å². The van der Waals surface area contributed by atoms with Crippen molar-refractivity contribution in [1.82, 2.24) is 9.80 Å². The topological polar surface area (TPSA) is 60.9 Å². The van der Waals surface area contributed by atoms with E-state index in [1.165, 1.54) is 4.90 Å². The molecule has 28 heavy (non-hydrogen) atoms. The lowest BCUT2D eigenvalue weighted by Gasteiger charge is -2.35. The lowest BCUT2D eigenvalue weighted by atomic mass is 9.92. The predicted molar refractivity (Wildman–Crippen MR) is 107 cm³/mol. The van der Waals surface area contributed by atoms with Gasteiger partial charge in [0, 0.05) is 24.5 Å². The fourth-order valence-corrected chi connectivity index (χ4v) is 4.72. The molecule has 3 amide bonds. The first-order valence-electron chi connectivity index (χ1n) is 10.2. The molecule has 0 saturated carbocycles. The molecule has 1 aromatic rings. The molecular formula is C21H26ClN3O3. The Kier molecular flexibility index (Phi) is 5.69. The average Bonchev–Trinajstić information content (AvgIpc) is 3.24. The van der Waals surface area contributed by atoms with E-state index in [4.69, 9.17) is 11.6 Å². The number of hydrogen-bond acceptors (Lipinski definition) is 4. The van der Waals surface area contributed by atoms with Gasteiger partial charge in [0.1, 0.15) is 0 Å². The summed E-state index contributed by atoms with van der Waals surface area (Å²) in [4.78, 5) is 42.6. The van der Waals surface area contributed by atoms with E-state index in [-0.39, 0.29) is 30.2 Å². The Balaban J connectivity index is 1.31. The monoisotopic (exact) mass is 403 g/mol. The molecule has 3 aliphatic heterocycles. The Bertz CT molecular complexity index is 759. The van der Waals surface area contributed by atoms with Crippen molar-refractivity contribution in [2.75, 3.05) is 31.1 Å². The second-order valence-corrected chi connectivity index (χ2v) is 8.45. The summed E-state index contributed by atoms with van der Waals surface area (Å²) in [7, 11) is 0. The Morgan fingerprint density at radius 3 is 2.32 bits per heavy atom. The number of carbonyl (C=O) groups excluding carboxylic acids is 3. The lowest BCUT2D eigenvalue weighted by Crippen LogP contribution is -2.46. The summed E-state index contributed by atoms with van der Waals surface area (Å²) < 4.78 is 0. The second-order valence-electron chi connectivity index (χ2n) is 8.02. The summed E-state index contributed by atoms with van der Waals surface area (Å²) in [5, 5.41) is 0.581. The molecule has 3 heterocycles. The molecule has 1 unspecified atom stereocenters. The number of amides is 3. The highest BCUT2D eigenvalue weighted by Gasteiger charge is 2.43. The van der Waals surface area contributed by atoms with E-state index in [0.29, 0.717) is 23.0 Å². The largest absolute Gasteiger partial charge is 0.343 e. The minimum absolute atomic E-state index is 0.131. The summed E-state index contributed by atoms with van der Waals surface area (Å²) in [6.07, 6.45) is 4.99. The van der Waals surface area contributed by atoms with Crippen molar-refractivity contribution < 1.29 is 14.4 Å². The van der Waals surface area contributed by atoms with E-state index < -0.39 is 0 Å². The third-order valence-electron chi connectivity index (χ3n) is 6.28. The molecule has 3 aliphatic rings. The zero-order chi connectivity index (χ0) is 19.7. The summed E-state index contributed by atoms with van der Waals surface area (Å²) in [6, 6.07) is 6.46. The zero-order valence-electron chi connectivity index (χ0n) is 16.0. The Morgan fingerprint density at radius 1 is 0.964 bits per heavy atom. The summed E-state index contributed by atoms with van der Waals surface area (Å²) in [6.45, 7) is 3.42. The van der Waals surface area contributed by atoms with Crippen molar-refractivity contribution in [2.45, 2.75) is 44.6 Å². The van der Waals surface area contributed by atoms with Gasteiger partial charge in [0.05, 0.1) is 18.2 Å². The van der Waals surface area contributed by atoms with E-state index in [0.717, 1.165) is 51.9 Å². The van der Waals surface area contributed by atoms with Gasteiger partial charge >= 0.3 is 0 Å². The van der Waals surface area contributed by atoms with Gasteiger partial charge in [0.25, 0.3) is 5.91 Å². The SMILES string of the molecule is O=C1CCCN1CCC1CCN(C2CC(=O)N(c3ccc(Cl)cc3)C2=O)CC1. The first-order valence-corrected chi connectivity index (χ1v) is 10.5. The summed E-state index contributed by atoms with van der Waals surface area (Å²) >= 11 is 5.91. The quantitative estimate of drug-likeness (QED) is 0.709. The number of likely N-dealkylation sites (tertiary alicyclic amines) is 2. The molecule has 150 valence electrons. The molecule has 0 aliphatic carbocycles. The molecular weight excluding hydrogens is 378 g/mol. The first kappa shape index (κ1) is 19.4. The van der Waals surface area contributed by atoms with Gasteiger partial charge in [-0.1, -0.05) is 11.6 Å². The highest BCUT2D eigenvalue weighted by Crippen LogP contribution is 2.30. The van der Waals surface area contributed by atoms with Gasteiger partial charge in [-0.05, 0) is 69.0 Å². The van der Waals surface area contributed by atoms with Crippen molar-refractivity contribution in [3.8, 4) is 0 Å². The van der Waals surface area contributed by atoms with Crippen LogP contribution in [0.1, 0.15) is 38.5 Å². The number of carbonyl (C=O) groups is 3. The van der Waals surface area contributed by atoms with Crippen LogP contribution in [0.4, 0.5) is 5.69 Å². The highest BCUT2D eigenvalue weighted by molar-refractivity contribution is 6.30. The molecule has 0 aromatic heterocycles. The first-order chi connectivity index (χ1) is 13.5. The van der Waals surface area contributed by atoms with Crippen molar-refractivity contribution in [1.29, 1.82) is 0 Å². The second kappa shape index (κ2) is 8.21. The Labute approximate surface area is 170 Å². The van der Waals surface area contributed by atoms with E-state index in [1.54, 1.807) is 24.3 Å². The number of benzene rings is 1. The molecule has 0 bridgehead atoms. The molecule has 7 heteroatoms. The van der Waals surface area contributed by atoms with Crippen molar-refractivity contribution in [3.63, 3.8) is 0 Å². The maximum atomic E-state index is 12.9. The molecule has 6 nitrogen and oxygen atoms in total. The van der Waals surface area contributed by atoms with Crippen molar-refractivity contribution in [3.05, 3.63) is 29.3 Å². The van der Waals surface area contributed by atoms with E-state index in [1.807, 2.05) is 4.90 Å². The lowest BCUT2D eigenvalue weighted by molar-refractivity contribution is -0.128. The number of anilines is 1. The smallest absolute Gasteiger partial charge is 0.251 e. The molecule has 3 fully saturated rings. The van der Waals surface area contributed by atoms with Crippen LogP contribution in [0, 0.1) is 5.92 Å². The van der Waals surface area contributed by atoms with Crippen molar-refractivity contribution in [2.24, 2.45) is 5.92 Å². The van der Waals surface area contributed by atoms with Crippen LogP contribution in [0.2, 0.25) is 5.02 Å². The molecule has 0 N–H and O–H groups in total. The molecule has 1 aromatic carbocycles. The van der Waals surface area contributed by atoms with E-state index in [9.17, 15) is 14.4 Å². The van der Waals surface area contributed by atoms with E-state index in [2.05, 4.69) is 4.90 Å². The third-order valence-corrected chi connectivity index (χ3v) is 6.53. The predicted octanol–water partition coefficient (Wildman–Crippen LogP) is 2.70. The highest BCUT2D eigenvalue weighted by atomic mass is 35.5. The number of hydrogen-bond donors (Lipinski definition) is 0. The molecule has 0 spiro atoms. The zero-order valence-corrected chi connectivity index (χ0v) is 16.7. The fourth-order valence-electron chi connectivity index (χ4n) is 4.59. The van der Waals surface area contributed by atoms with Crippen LogP contribution in [-0.2, 0) is 14.4 Å². The van der Waals surface area contributed by atoms with Crippen LogP contribution < -0.4 is 4.90 Å². The van der Waals surface area contributed by atoms with Crippen LogP contribution >= 0.6 is 11.6 Å². The maximum Gasteiger partial charge on any atom is 0.251 e. The van der Waals surface area contributed by atoms with Gasteiger partial charge in [0.2, 0.25) is 11.8 Å². The third kappa shape index (κ3) is 3.94. The molecule has 1 atom stereocenters. The van der Waals surface area contributed by atoms with Crippen LogP contribution in [0.15, 0.2) is 24.3 Å². The van der Waals surface area contributed by atoms with Crippen LogP contribution in [0.3, 0.4) is 0 Å².